The number of hydrogen-bond donors (Lipinski definition) is 1. The second-order valence-electron chi connectivity index (χ2n) is 3.85. The van der Waals surface area contributed by atoms with Crippen LogP contribution in [-0.2, 0) is 6.54 Å². The molecule has 0 saturated carbocycles. The monoisotopic (exact) mass is 282 g/mol. The van der Waals surface area contributed by atoms with Crippen molar-refractivity contribution in [2.24, 2.45) is 0 Å². The van der Waals surface area contributed by atoms with Crippen LogP contribution in [0.25, 0.3) is 0 Å². The average Bonchev–Trinajstić information content (AvgIpc) is 2.91. The fraction of sp³-hybridized carbons (Fsp3) is 0.0833. The number of hydrogen-bond acceptors (Lipinski definition) is 4. The Kier molecular flexibility index (Phi) is 3.74. The number of furan rings is 1. The minimum atomic E-state index is -1.27. The predicted molar refractivity (Wildman–Crippen MR) is 62.9 cm³/mol. The molecule has 6 nitrogen and oxygen atoms in total. The highest BCUT2D eigenvalue weighted by atomic mass is 19.1. The van der Waals surface area contributed by atoms with Gasteiger partial charge in [-0.25, -0.2) is 4.39 Å². The molecule has 1 amide bonds. The first-order valence-corrected chi connectivity index (χ1v) is 5.41. The van der Waals surface area contributed by atoms with E-state index in [-0.39, 0.29) is 6.54 Å². The van der Waals surface area contributed by atoms with E-state index in [1.54, 1.807) is 6.07 Å². The van der Waals surface area contributed by atoms with Crippen molar-refractivity contribution in [3.05, 3.63) is 63.6 Å². The van der Waals surface area contributed by atoms with Crippen molar-refractivity contribution in [1.82, 2.24) is 5.32 Å². The lowest BCUT2D eigenvalue weighted by molar-refractivity contribution is -0.387. The second-order valence-corrected chi connectivity index (χ2v) is 3.85. The van der Waals surface area contributed by atoms with Gasteiger partial charge in [-0.15, -0.1) is 0 Å². The van der Waals surface area contributed by atoms with Crippen LogP contribution in [0, 0.1) is 21.7 Å². The molecule has 0 aliphatic rings. The lowest BCUT2D eigenvalue weighted by Crippen LogP contribution is -2.24. The van der Waals surface area contributed by atoms with Crippen LogP contribution in [0.1, 0.15) is 15.9 Å². The summed E-state index contributed by atoms with van der Waals surface area (Å²) in [5.74, 6) is -3.31. The molecule has 0 fully saturated rings. The number of halogens is 2. The van der Waals surface area contributed by atoms with Crippen LogP contribution in [0.4, 0.5) is 14.5 Å². The maximum atomic E-state index is 13.6. The Bertz CT molecular complexity index is 656. The quantitative estimate of drug-likeness (QED) is 0.689. The van der Waals surface area contributed by atoms with E-state index in [0.717, 1.165) is 0 Å². The van der Waals surface area contributed by atoms with Gasteiger partial charge in [0.2, 0.25) is 5.82 Å². The summed E-state index contributed by atoms with van der Waals surface area (Å²) in [6, 6.07) is 2.47. The molecule has 104 valence electrons. The molecule has 0 saturated heterocycles. The zero-order valence-electron chi connectivity index (χ0n) is 9.93. The molecule has 1 N–H and O–H groups in total. The normalized spacial score (nSPS) is 10.3. The van der Waals surface area contributed by atoms with Crippen LogP contribution in [0.2, 0.25) is 0 Å². The third kappa shape index (κ3) is 2.79. The maximum absolute atomic E-state index is 13.6. The van der Waals surface area contributed by atoms with E-state index < -0.39 is 33.7 Å². The summed E-state index contributed by atoms with van der Waals surface area (Å²) in [6.07, 6.45) is 2.78. The Labute approximate surface area is 111 Å². The predicted octanol–water partition coefficient (Wildman–Crippen LogP) is 2.40. The molecule has 0 radical (unpaired) electrons. The standard InChI is InChI=1S/C12H8F2N2O4/c13-9-4-11(16(18)19)10(14)3-8(9)12(17)15-5-7-1-2-20-6-7/h1-4,6H,5H2,(H,15,17). The molecule has 1 aromatic carbocycles. The van der Waals surface area contributed by atoms with Crippen LogP contribution >= 0.6 is 0 Å². The lowest BCUT2D eigenvalue weighted by Gasteiger charge is -2.05. The second kappa shape index (κ2) is 5.47. The van der Waals surface area contributed by atoms with E-state index in [1.807, 2.05) is 0 Å². The molecule has 0 aliphatic heterocycles. The third-order valence-electron chi connectivity index (χ3n) is 2.51. The molecule has 1 heterocycles. The fourth-order valence-electron chi connectivity index (χ4n) is 1.52. The Balaban J connectivity index is 2.17. The van der Waals surface area contributed by atoms with Crippen LogP contribution in [-0.4, -0.2) is 10.8 Å². The first-order valence-electron chi connectivity index (χ1n) is 5.41. The molecule has 8 heteroatoms. The van der Waals surface area contributed by atoms with Crippen LogP contribution in [0.3, 0.4) is 0 Å². The number of nitrogens with zero attached hydrogens (tertiary/aromatic N) is 1. The van der Waals surface area contributed by atoms with Gasteiger partial charge in [0.1, 0.15) is 5.82 Å². The number of nitrogens with one attached hydrogen (secondary N) is 1. The van der Waals surface area contributed by atoms with E-state index in [0.29, 0.717) is 17.7 Å². The molecular weight excluding hydrogens is 274 g/mol. The van der Waals surface area contributed by atoms with Gasteiger partial charge in [0.05, 0.1) is 29.1 Å². The Morgan fingerprint density at radius 1 is 1.35 bits per heavy atom. The minimum absolute atomic E-state index is 0.0629. The third-order valence-corrected chi connectivity index (χ3v) is 2.51. The van der Waals surface area contributed by atoms with Crippen LogP contribution in [0.5, 0.6) is 0 Å². The smallest absolute Gasteiger partial charge is 0.307 e. The Morgan fingerprint density at radius 2 is 2.10 bits per heavy atom. The van der Waals surface area contributed by atoms with Crippen molar-refractivity contribution in [2.75, 3.05) is 0 Å². The zero-order valence-corrected chi connectivity index (χ0v) is 9.93. The Morgan fingerprint density at radius 3 is 2.70 bits per heavy atom. The van der Waals surface area contributed by atoms with Crippen molar-refractivity contribution in [3.63, 3.8) is 0 Å². The molecule has 2 rings (SSSR count). The van der Waals surface area contributed by atoms with E-state index in [4.69, 9.17) is 4.42 Å². The van der Waals surface area contributed by atoms with E-state index in [1.165, 1.54) is 12.5 Å². The lowest BCUT2D eigenvalue weighted by atomic mass is 10.1. The number of nitro benzene ring substituents is 1. The zero-order chi connectivity index (χ0) is 14.7. The molecular formula is C12H8F2N2O4. The first-order chi connectivity index (χ1) is 9.49. The number of benzene rings is 1. The largest absolute Gasteiger partial charge is 0.472 e. The van der Waals surface area contributed by atoms with Gasteiger partial charge in [-0.05, 0) is 12.1 Å². The molecule has 0 aliphatic carbocycles. The molecule has 0 bridgehead atoms. The van der Waals surface area contributed by atoms with Crippen molar-refractivity contribution in [3.8, 4) is 0 Å². The highest BCUT2D eigenvalue weighted by Gasteiger charge is 2.21. The summed E-state index contributed by atoms with van der Waals surface area (Å²) in [4.78, 5) is 21.0. The van der Waals surface area contributed by atoms with Gasteiger partial charge in [-0.2, -0.15) is 4.39 Å². The Hall–Kier alpha value is -2.77. The minimum Gasteiger partial charge on any atom is -0.472 e. The summed E-state index contributed by atoms with van der Waals surface area (Å²) in [7, 11) is 0. The number of amides is 1. The summed E-state index contributed by atoms with van der Waals surface area (Å²) in [6.45, 7) is 0.0629. The first kappa shape index (κ1) is 13.7. The van der Waals surface area contributed by atoms with Crippen molar-refractivity contribution < 1.29 is 22.9 Å². The van der Waals surface area contributed by atoms with Gasteiger partial charge in [0.25, 0.3) is 5.91 Å². The molecule has 0 unspecified atom stereocenters. The highest BCUT2D eigenvalue weighted by Crippen LogP contribution is 2.21. The van der Waals surface area contributed by atoms with Gasteiger partial charge in [0.15, 0.2) is 0 Å². The average molecular weight is 282 g/mol. The highest BCUT2D eigenvalue weighted by molar-refractivity contribution is 5.94. The number of carbonyl (C=O) groups excluding carboxylic acids is 1. The van der Waals surface area contributed by atoms with Gasteiger partial charge in [-0.3, -0.25) is 14.9 Å². The number of carbonyl (C=O) groups is 1. The molecule has 20 heavy (non-hydrogen) atoms. The van der Waals surface area contributed by atoms with Crippen molar-refractivity contribution >= 4 is 11.6 Å². The van der Waals surface area contributed by atoms with E-state index in [9.17, 15) is 23.7 Å². The molecule has 0 spiro atoms. The summed E-state index contributed by atoms with van der Waals surface area (Å²) in [5, 5.41) is 12.8. The SMILES string of the molecule is O=C(NCc1ccoc1)c1cc(F)c([N+](=O)[O-])cc1F. The van der Waals surface area contributed by atoms with E-state index >= 15 is 0 Å². The molecule has 0 atom stereocenters. The van der Waals surface area contributed by atoms with Gasteiger partial charge < -0.3 is 9.73 Å². The van der Waals surface area contributed by atoms with Gasteiger partial charge >= 0.3 is 5.69 Å². The van der Waals surface area contributed by atoms with E-state index in [2.05, 4.69) is 5.32 Å². The summed E-state index contributed by atoms with van der Waals surface area (Å²) >= 11 is 0. The van der Waals surface area contributed by atoms with Crippen molar-refractivity contribution in [1.29, 1.82) is 0 Å². The number of nitro groups is 1. The van der Waals surface area contributed by atoms with Crippen LogP contribution in [0.15, 0.2) is 35.1 Å². The van der Waals surface area contributed by atoms with Crippen molar-refractivity contribution in [2.45, 2.75) is 6.54 Å². The maximum Gasteiger partial charge on any atom is 0.307 e. The number of rotatable bonds is 4. The topological polar surface area (TPSA) is 85.4 Å². The molecule has 2 aromatic rings. The summed E-state index contributed by atoms with van der Waals surface area (Å²) in [5.41, 5.74) is -0.980. The van der Waals surface area contributed by atoms with Gasteiger partial charge in [-0.1, -0.05) is 0 Å². The van der Waals surface area contributed by atoms with Crippen LogP contribution < -0.4 is 5.32 Å². The summed E-state index contributed by atoms with van der Waals surface area (Å²) < 4.78 is 31.7. The molecule has 1 aromatic heterocycles. The fourth-order valence-corrected chi connectivity index (χ4v) is 1.52. The van der Waals surface area contributed by atoms with Gasteiger partial charge in [0, 0.05) is 12.1 Å².